The van der Waals surface area contributed by atoms with Gasteiger partial charge in [0.2, 0.25) is 5.91 Å². The molecule has 0 atom stereocenters. The Morgan fingerprint density at radius 2 is 2.26 bits per heavy atom. The molecule has 1 amide bonds. The van der Waals surface area contributed by atoms with Crippen molar-refractivity contribution in [3.8, 4) is 0 Å². The van der Waals surface area contributed by atoms with E-state index in [1.54, 1.807) is 14.1 Å². The molecule has 0 unspecified atom stereocenters. The minimum Gasteiger partial charge on any atom is -0.389 e. The van der Waals surface area contributed by atoms with E-state index in [-0.39, 0.29) is 12.5 Å². The van der Waals surface area contributed by atoms with Crippen LogP contribution in [0.15, 0.2) is 6.07 Å². The molecular formula is C13H18N4OS. The first-order chi connectivity index (χ1) is 8.99. The van der Waals surface area contributed by atoms with Crippen molar-refractivity contribution >= 4 is 28.9 Å². The van der Waals surface area contributed by atoms with Crippen molar-refractivity contribution in [3.63, 3.8) is 0 Å². The van der Waals surface area contributed by atoms with Crippen LogP contribution in [0.2, 0.25) is 0 Å². The first kappa shape index (κ1) is 13.7. The third kappa shape index (κ3) is 3.01. The number of fused-ring (bicyclic) bond motifs is 1. The van der Waals surface area contributed by atoms with Crippen LogP contribution in [0.25, 0.3) is 0 Å². The van der Waals surface area contributed by atoms with Crippen molar-refractivity contribution in [2.45, 2.75) is 19.3 Å². The number of hydrogen-bond donors (Lipinski definition) is 2. The van der Waals surface area contributed by atoms with Crippen molar-refractivity contribution in [1.29, 1.82) is 0 Å². The minimum atomic E-state index is -0.0174. The molecular weight excluding hydrogens is 260 g/mol. The summed E-state index contributed by atoms with van der Waals surface area (Å²) >= 11 is 5.05. The van der Waals surface area contributed by atoms with Crippen molar-refractivity contribution < 1.29 is 4.79 Å². The molecule has 19 heavy (non-hydrogen) atoms. The van der Waals surface area contributed by atoms with Gasteiger partial charge in [0.25, 0.3) is 0 Å². The maximum atomic E-state index is 11.6. The average Bonchev–Trinajstić information content (AvgIpc) is 2.81. The fourth-order valence-corrected chi connectivity index (χ4v) is 2.27. The van der Waals surface area contributed by atoms with Gasteiger partial charge in [0.1, 0.15) is 10.8 Å². The van der Waals surface area contributed by atoms with E-state index in [0.717, 1.165) is 30.5 Å². The summed E-state index contributed by atoms with van der Waals surface area (Å²) in [5.74, 6) is 0.597. The smallest absolute Gasteiger partial charge is 0.241 e. The normalized spacial score (nSPS) is 12.9. The van der Waals surface area contributed by atoms with Crippen LogP contribution in [-0.2, 0) is 17.6 Å². The zero-order chi connectivity index (χ0) is 14.0. The Balaban J connectivity index is 2.23. The third-order valence-electron chi connectivity index (χ3n) is 3.22. The first-order valence-electron chi connectivity index (χ1n) is 6.25. The lowest BCUT2D eigenvalue weighted by Gasteiger charge is -2.14. The van der Waals surface area contributed by atoms with Crippen LogP contribution in [0.3, 0.4) is 0 Å². The van der Waals surface area contributed by atoms with Crippen molar-refractivity contribution in [1.82, 2.24) is 9.88 Å². The standard InChI is InChI=1S/C13H18N4OS/c1-17(2)11(18)7-15-13-9(12(14)19)6-8-4-3-5-10(8)16-13/h6H,3-5,7H2,1-2H3,(H2,14,19)(H,15,16). The monoisotopic (exact) mass is 278 g/mol. The molecule has 2 rings (SSSR count). The maximum Gasteiger partial charge on any atom is 0.241 e. The lowest BCUT2D eigenvalue weighted by atomic mass is 10.1. The van der Waals surface area contributed by atoms with Crippen LogP contribution in [0.4, 0.5) is 5.82 Å². The van der Waals surface area contributed by atoms with Crippen molar-refractivity contribution in [2.24, 2.45) is 5.73 Å². The van der Waals surface area contributed by atoms with Crippen LogP contribution in [0, 0.1) is 0 Å². The summed E-state index contributed by atoms with van der Waals surface area (Å²) in [6.45, 7) is 0.189. The van der Waals surface area contributed by atoms with Gasteiger partial charge in [-0.3, -0.25) is 4.79 Å². The highest BCUT2D eigenvalue weighted by atomic mass is 32.1. The van der Waals surface area contributed by atoms with Gasteiger partial charge in [0.15, 0.2) is 0 Å². The number of nitrogens with zero attached hydrogens (tertiary/aromatic N) is 2. The van der Waals surface area contributed by atoms with E-state index in [2.05, 4.69) is 10.3 Å². The summed E-state index contributed by atoms with van der Waals surface area (Å²) in [7, 11) is 3.43. The largest absolute Gasteiger partial charge is 0.389 e. The van der Waals surface area contributed by atoms with Gasteiger partial charge < -0.3 is 16.0 Å². The number of nitrogens with one attached hydrogen (secondary N) is 1. The van der Waals surface area contributed by atoms with Crippen LogP contribution in [-0.4, -0.2) is 41.4 Å². The maximum absolute atomic E-state index is 11.6. The second kappa shape index (κ2) is 5.52. The summed E-state index contributed by atoms with van der Waals surface area (Å²) in [6.07, 6.45) is 3.11. The molecule has 0 fully saturated rings. The fraction of sp³-hybridized carbons (Fsp3) is 0.462. The zero-order valence-electron chi connectivity index (χ0n) is 11.2. The molecule has 1 heterocycles. The molecule has 1 aromatic rings. The van der Waals surface area contributed by atoms with Gasteiger partial charge in [-0.05, 0) is 30.9 Å². The van der Waals surface area contributed by atoms with Gasteiger partial charge >= 0.3 is 0 Å². The Bertz CT molecular complexity index is 528. The molecule has 0 aliphatic heterocycles. The number of nitrogens with two attached hydrogens (primary N) is 1. The van der Waals surface area contributed by atoms with Crippen LogP contribution in [0.5, 0.6) is 0 Å². The van der Waals surface area contributed by atoms with E-state index < -0.39 is 0 Å². The van der Waals surface area contributed by atoms with E-state index in [1.807, 2.05) is 6.07 Å². The quantitative estimate of drug-likeness (QED) is 0.794. The fourth-order valence-electron chi connectivity index (χ4n) is 2.11. The molecule has 0 radical (unpaired) electrons. The number of aryl methyl sites for hydroxylation is 2. The molecule has 1 aliphatic carbocycles. The highest BCUT2D eigenvalue weighted by molar-refractivity contribution is 7.80. The highest BCUT2D eigenvalue weighted by Gasteiger charge is 2.18. The van der Waals surface area contributed by atoms with Gasteiger partial charge in [-0.25, -0.2) is 4.98 Å². The Morgan fingerprint density at radius 3 is 2.89 bits per heavy atom. The number of likely N-dealkylation sites (N-methyl/N-ethyl adjacent to an activating group) is 1. The predicted molar refractivity (Wildman–Crippen MR) is 79.3 cm³/mol. The summed E-state index contributed by atoms with van der Waals surface area (Å²) in [4.78, 5) is 18.0. The van der Waals surface area contributed by atoms with Gasteiger partial charge in [-0.15, -0.1) is 0 Å². The number of amides is 1. The summed E-state index contributed by atoms with van der Waals surface area (Å²) in [6, 6.07) is 2.00. The second-order valence-corrected chi connectivity index (χ2v) is 5.29. The number of anilines is 1. The van der Waals surface area contributed by atoms with Crippen molar-refractivity contribution in [3.05, 3.63) is 22.9 Å². The number of carbonyl (C=O) groups is 1. The molecule has 5 nitrogen and oxygen atoms in total. The molecule has 0 saturated heterocycles. The van der Waals surface area contributed by atoms with E-state index in [0.29, 0.717) is 10.8 Å². The molecule has 1 aliphatic rings. The SMILES string of the molecule is CN(C)C(=O)CNc1nc2c(cc1C(N)=S)CCC2. The van der Waals surface area contributed by atoms with E-state index >= 15 is 0 Å². The first-order valence-corrected chi connectivity index (χ1v) is 6.66. The molecule has 0 spiro atoms. The molecule has 0 saturated carbocycles. The summed E-state index contributed by atoms with van der Waals surface area (Å²) in [5.41, 5.74) is 8.75. The van der Waals surface area contributed by atoms with E-state index in [1.165, 1.54) is 10.5 Å². The molecule has 6 heteroatoms. The number of thiocarbonyl (C=S) groups is 1. The third-order valence-corrected chi connectivity index (χ3v) is 3.44. The van der Waals surface area contributed by atoms with Crippen LogP contribution < -0.4 is 11.1 Å². The molecule has 1 aromatic heterocycles. The molecule has 102 valence electrons. The molecule has 0 bridgehead atoms. The van der Waals surface area contributed by atoms with Crippen LogP contribution >= 0.6 is 12.2 Å². The summed E-state index contributed by atoms with van der Waals surface area (Å²) in [5, 5.41) is 3.04. The Morgan fingerprint density at radius 1 is 1.53 bits per heavy atom. The lowest BCUT2D eigenvalue weighted by molar-refractivity contribution is -0.126. The number of hydrogen-bond acceptors (Lipinski definition) is 4. The number of carbonyl (C=O) groups excluding carboxylic acids is 1. The zero-order valence-corrected chi connectivity index (χ0v) is 12.0. The minimum absolute atomic E-state index is 0.0174. The Kier molecular flexibility index (Phi) is 3.99. The van der Waals surface area contributed by atoms with Gasteiger partial charge in [-0.1, -0.05) is 12.2 Å². The Labute approximate surface area is 118 Å². The summed E-state index contributed by atoms with van der Waals surface area (Å²) < 4.78 is 0. The van der Waals surface area contributed by atoms with E-state index in [4.69, 9.17) is 18.0 Å². The van der Waals surface area contributed by atoms with Gasteiger partial charge in [-0.2, -0.15) is 0 Å². The molecule has 0 aromatic carbocycles. The van der Waals surface area contributed by atoms with E-state index in [9.17, 15) is 4.79 Å². The van der Waals surface area contributed by atoms with Crippen LogP contribution in [0.1, 0.15) is 23.2 Å². The number of rotatable bonds is 4. The van der Waals surface area contributed by atoms with Gasteiger partial charge in [0, 0.05) is 19.8 Å². The topological polar surface area (TPSA) is 71.2 Å². The lowest BCUT2D eigenvalue weighted by Crippen LogP contribution is -2.29. The number of aromatic nitrogens is 1. The van der Waals surface area contributed by atoms with Gasteiger partial charge in [0.05, 0.1) is 12.1 Å². The number of pyridine rings is 1. The van der Waals surface area contributed by atoms with Crippen molar-refractivity contribution in [2.75, 3.05) is 26.0 Å². The highest BCUT2D eigenvalue weighted by Crippen LogP contribution is 2.25. The predicted octanol–water partition coefficient (Wildman–Crippen LogP) is 0.705. The average molecular weight is 278 g/mol. The molecule has 3 N–H and O–H groups in total. The Hall–Kier alpha value is -1.69. The second-order valence-electron chi connectivity index (χ2n) is 4.85.